The van der Waals surface area contributed by atoms with E-state index in [1.54, 1.807) is 6.92 Å². The van der Waals surface area contributed by atoms with Crippen LogP contribution in [0, 0.1) is 0 Å². The van der Waals surface area contributed by atoms with Crippen LogP contribution in [0.3, 0.4) is 0 Å². The predicted molar refractivity (Wildman–Crippen MR) is 69.8 cm³/mol. The van der Waals surface area contributed by atoms with E-state index in [1.165, 1.54) is 6.07 Å². The normalized spacial score (nSPS) is 12.2. The Morgan fingerprint density at radius 1 is 1.29 bits per heavy atom. The maximum Gasteiger partial charge on any atom is 0.501 e. The summed E-state index contributed by atoms with van der Waals surface area (Å²) < 4.78 is 61.2. The predicted octanol–water partition coefficient (Wildman–Crippen LogP) is 2.28. The Morgan fingerprint density at radius 2 is 1.86 bits per heavy atom. The lowest BCUT2D eigenvalue weighted by Gasteiger charge is -2.25. The molecule has 1 N–H and O–H groups in total. The van der Waals surface area contributed by atoms with Crippen LogP contribution >= 0.6 is 0 Å². The monoisotopic (exact) mass is 325 g/mol. The highest BCUT2D eigenvalue weighted by atomic mass is 32.2. The van der Waals surface area contributed by atoms with E-state index in [4.69, 9.17) is 5.11 Å². The molecule has 0 spiro atoms. The maximum absolute atomic E-state index is 12.7. The number of hydrogen-bond donors (Lipinski definition) is 1. The molecule has 0 aliphatic carbocycles. The van der Waals surface area contributed by atoms with E-state index < -0.39 is 32.8 Å². The molecule has 1 aromatic carbocycles. The second-order valence-corrected chi connectivity index (χ2v) is 6.14. The third-order valence-corrected chi connectivity index (χ3v) is 4.15. The molecule has 5 nitrogen and oxygen atoms in total. The SMILES string of the molecule is CCCN(CC(=O)O)c1ccccc1S(=O)(=O)C(F)(F)F. The summed E-state index contributed by atoms with van der Waals surface area (Å²) in [4.78, 5) is 11.0. The molecule has 1 aromatic rings. The number of anilines is 1. The lowest BCUT2D eigenvalue weighted by atomic mass is 10.2. The number of hydrogen-bond acceptors (Lipinski definition) is 4. The van der Waals surface area contributed by atoms with Crippen LogP contribution in [0.5, 0.6) is 0 Å². The van der Waals surface area contributed by atoms with Gasteiger partial charge in [0.15, 0.2) is 0 Å². The summed E-state index contributed by atoms with van der Waals surface area (Å²) in [6, 6.07) is 4.50. The zero-order valence-electron chi connectivity index (χ0n) is 11.1. The summed E-state index contributed by atoms with van der Waals surface area (Å²) >= 11 is 0. The number of aliphatic carboxylic acids is 1. The first-order valence-corrected chi connectivity index (χ1v) is 7.46. The molecule has 0 heterocycles. The quantitative estimate of drug-likeness (QED) is 0.868. The summed E-state index contributed by atoms with van der Waals surface area (Å²) in [5.41, 5.74) is -5.71. The van der Waals surface area contributed by atoms with Crippen molar-refractivity contribution in [3.8, 4) is 0 Å². The Labute approximate surface area is 119 Å². The van der Waals surface area contributed by atoms with Gasteiger partial charge < -0.3 is 10.0 Å². The van der Waals surface area contributed by atoms with Gasteiger partial charge in [0.25, 0.3) is 9.84 Å². The molecule has 0 unspecified atom stereocenters. The molecule has 0 aliphatic heterocycles. The van der Waals surface area contributed by atoms with Gasteiger partial charge in [0, 0.05) is 6.54 Å². The average Bonchev–Trinajstić information content (AvgIpc) is 2.36. The first kappa shape index (κ1) is 17.3. The molecule has 21 heavy (non-hydrogen) atoms. The number of halogens is 3. The molecule has 0 amide bonds. The molecule has 0 aliphatic rings. The van der Waals surface area contributed by atoms with Crippen LogP contribution in [0.15, 0.2) is 29.2 Å². The van der Waals surface area contributed by atoms with Crippen molar-refractivity contribution in [1.82, 2.24) is 0 Å². The summed E-state index contributed by atoms with van der Waals surface area (Å²) in [6.45, 7) is 1.24. The van der Waals surface area contributed by atoms with E-state index in [9.17, 15) is 26.4 Å². The number of carboxylic acid groups (broad SMARTS) is 1. The van der Waals surface area contributed by atoms with Crippen LogP contribution < -0.4 is 4.90 Å². The van der Waals surface area contributed by atoms with Crippen molar-refractivity contribution in [2.75, 3.05) is 18.0 Å². The zero-order chi connectivity index (χ0) is 16.3. The maximum atomic E-state index is 12.7. The fourth-order valence-electron chi connectivity index (χ4n) is 1.79. The number of carbonyl (C=O) groups is 1. The van der Waals surface area contributed by atoms with Crippen LogP contribution in [0.25, 0.3) is 0 Å². The van der Waals surface area contributed by atoms with Crippen LogP contribution in [-0.2, 0) is 14.6 Å². The van der Waals surface area contributed by atoms with Gasteiger partial charge in [0.05, 0.1) is 10.6 Å². The number of carboxylic acids is 1. The summed E-state index contributed by atoms with van der Waals surface area (Å²) in [5.74, 6) is -1.26. The van der Waals surface area contributed by atoms with E-state index in [2.05, 4.69) is 0 Å². The highest BCUT2D eigenvalue weighted by molar-refractivity contribution is 7.92. The fourth-order valence-corrected chi connectivity index (χ4v) is 2.77. The third kappa shape index (κ3) is 3.87. The van der Waals surface area contributed by atoms with Gasteiger partial charge in [-0.2, -0.15) is 13.2 Å². The molecule has 9 heteroatoms. The van der Waals surface area contributed by atoms with Crippen molar-refractivity contribution in [2.45, 2.75) is 23.7 Å². The van der Waals surface area contributed by atoms with Gasteiger partial charge in [-0.15, -0.1) is 0 Å². The minimum atomic E-state index is -5.54. The van der Waals surface area contributed by atoms with E-state index >= 15 is 0 Å². The Balaban J connectivity index is 3.41. The summed E-state index contributed by atoms with van der Waals surface area (Å²) in [5, 5.41) is 8.81. The Bertz CT molecular complexity index is 613. The van der Waals surface area contributed by atoms with E-state index in [1.807, 2.05) is 0 Å². The van der Waals surface area contributed by atoms with Gasteiger partial charge >= 0.3 is 11.5 Å². The van der Waals surface area contributed by atoms with Crippen LogP contribution in [-0.4, -0.2) is 38.1 Å². The highest BCUT2D eigenvalue weighted by Crippen LogP contribution is 2.35. The third-order valence-electron chi connectivity index (χ3n) is 2.62. The van der Waals surface area contributed by atoms with Crippen molar-refractivity contribution < 1.29 is 31.5 Å². The largest absolute Gasteiger partial charge is 0.501 e. The number of nitrogens with zero attached hydrogens (tertiary/aromatic N) is 1. The van der Waals surface area contributed by atoms with Gasteiger partial charge in [-0.05, 0) is 18.6 Å². The molecule has 0 saturated carbocycles. The summed E-state index contributed by atoms with van der Waals surface area (Å²) in [7, 11) is -5.54. The van der Waals surface area contributed by atoms with E-state index in [-0.39, 0.29) is 12.2 Å². The van der Waals surface area contributed by atoms with Crippen molar-refractivity contribution >= 4 is 21.5 Å². The van der Waals surface area contributed by atoms with Gasteiger partial charge in [-0.3, -0.25) is 4.79 Å². The van der Waals surface area contributed by atoms with E-state index in [0.29, 0.717) is 6.42 Å². The Kier molecular flexibility index (Phi) is 5.21. The minimum absolute atomic E-state index is 0.122. The van der Waals surface area contributed by atoms with Crippen LogP contribution in [0.4, 0.5) is 18.9 Å². The van der Waals surface area contributed by atoms with Gasteiger partial charge in [0.1, 0.15) is 6.54 Å². The smallest absolute Gasteiger partial charge is 0.480 e. The molecular weight excluding hydrogens is 311 g/mol. The molecule has 0 fully saturated rings. The summed E-state index contributed by atoms with van der Waals surface area (Å²) in [6.07, 6.45) is 0.452. The van der Waals surface area contributed by atoms with Crippen molar-refractivity contribution in [2.24, 2.45) is 0 Å². The number of alkyl halides is 3. The Hall–Kier alpha value is -1.77. The van der Waals surface area contributed by atoms with Crippen LogP contribution in [0.1, 0.15) is 13.3 Å². The standard InChI is InChI=1S/C12H14F3NO4S/c1-2-7-16(8-11(17)18)9-5-3-4-6-10(9)21(19,20)12(13,14)15/h3-6H,2,7-8H2,1H3,(H,17,18). The molecule has 0 saturated heterocycles. The molecule has 118 valence electrons. The molecular formula is C12H14F3NO4S. The van der Waals surface area contributed by atoms with Gasteiger partial charge in [0.2, 0.25) is 0 Å². The van der Waals surface area contributed by atoms with Gasteiger partial charge in [-0.25, -0.2) is 8.42 Å². The second kappa shape index (κ2) is 6.33. The molecule has 0 radical (unpaired) electrons. The van der Waals surface area contributed by atoms with E-state index in [0.717, 1.165) is 23.1 Å². The number of sulfone groups is 1. The first-order valence-electron chi connectivity index (χ1n) is 5.98. The fraction of sp³-hybridized carbons (Fsp3) is 0.417. The Morgan fingerprint density at radius 3 is 2.33 bits per heavy atom. The van der Waals surface area contributed by atoms with Crippen molar-refractivity contribution in [3.63, 3.8) is 0 Å². The highest BCUT2D eigenvalue weighted by Gasteiger charge is 2.48. The molecule has 0 aromatic heterocycles. The topological polar surface area (TPSA) is 74.7 Å². The molecule has 0 atom stereocenters. The number of benzene rings is 1. The molecule has 1 rings (SSSR count). The van der Waals surface area contributed by atoms with Crippen molar-refractivity contribution in [1.29, 1.82) is 0 Å². The average molecular weight is 325 g/mol. The van der Waals surface area contributed by atoms with Gasteiger partial charge in [-0.1, -0.05) is 19.1 Å². The lowest BCUT2D eigenvalue weighted by Crippen LogP contribution is -2.33. The first-order chi connectivity index (χ1) is 9.61. The minimum Gasteiger partial charge on any atom is -0.480 e. The second-order valence-electron chi connectivity index (χ2n) is 4.23. The zero-order valence-corrected chi connectivity index (χ0v) is 11.9. The van der Waals surface area contributed by atoms with Crippen LogP contribution in [0.2, 0.25) is 0 Å². The van der Waals surface area contributed by atoms with Crippen molar-refractivity contribution in [3.05, 3.63) is 24.3 Å². The molecule has 0 bridgehead atoms. The number of rotatable bonds is 6. The number of para-hydroxylation sites is 1. The lowest BCUT2D eigenvalue weighted by molar-refractivity contribution is -0.135.